The topological polar surface area (TPSA) is 87.9 Å². The van der Waals surface area contributed by atoms with Gasteiger partial charge in [-0.25, -0.2) is 18.6 Å². The van der Waals surface area contributed by atoms with Crippen molar-refractivity contribution in [2.24, 2.45) is 5.73 Å². The van der Waals surface area contributed by atoms with Gasteiger partial charge in [-0.2, -0.15) is 13.2 Å². The lowest BCUT2D eigenvalue weighted by molar-refractivity contribution is -0.201. The predicted octanol–water partition coefficient (Wildman–Crippen LogP) is 3.29. The summed E-state index contributed by atoms with van der Waals surface area (Å²) in [6.07, 6.45) is -3.71. The van der Waals surface area contributed by atoms with Gasteiger partial charge >= 0.3 is 12.1 Å². The van der Waals surface area contributed by atoms with Crippen molar-refractivity contribution in [3.05, 3.63) is 58.7 Å². The summed E-state index contributed by atoms with van der Waals surface area (Å²) in [6.45, 7) is 1.12. The van der Waals surface area contributed by atoms with Crippen molar-refractivity contribution in [2.45, 2.75) is 31.5 Å². The molecule has 12 heteroatoms. The molecule has 1 saturated heterocycles. The van der Waals surface area contributed by atoms with Gasteiger partial charge in [0.05, 0.1) is 17.8 Å². The van der Waals surface area contributed by atoms with Crippen LogP contribution in [0.2, 0.25) is 0 Å². The highest BCUT2D eigenvalue weighted by molar-refractivity contribution is 6.00. The van der Waals surface area contributed by atoms with Crippen LogP contribution in [0.5, 0.6) is 0 Å². The molecular weight excluding hydrogens is 451 g/mol. The van der Waals surface area contributed by atoms with E-state index in [1.165, 1.54) is 12.1 Å². The molecule has 1 unspecified atom stereocenters. The second-order valence-electron chi connectivity index (χ2n) is 7.78. The summed E-state index contributed by atoms with van der Waals surface area (Å²) >= 11 is 0. The van der Waals surface area contributed by atoms with Crippen LogP contribution in [0.3, 0.4) is 0 Å². The molecule has 0 bridgehead atoms. The van der Waals surface area contributed by atoms with Crippen molar-refractivity contribution >= 4 is 23.3 Å². The number of alkyl halides is 3. The fraction of sp³-hybridized carbons (Fsp3) is 0.333. The molecule has 0 radical (unpaired) electrons. The summed E-state index contributed by atoms with van der Waals surface area (Å²) in [4.78, 5) is 28.0. The van der Waals surface area contributed by atoms with Crippen LogP contribution < -0.4 is 21.2 Å². The molecule has 2 aromatic rings. The second kappa shape index (κ2) is 8.50. The first-order chi connectivity index (χ1) is 15.6. The van der Waals surface area contributed by atoms with Gasteiger partial charge in [0, 0.05) is 12.1 Å². The van der Waals surface area contributed by atoms with E-state index >= 15 is 0 Å². The van der Waals surface area contributed by atoms with Crippen LogP contribution >= 0.6 is 0 Å². The minimum Gasteiger partial charge on any atom is -0.366 e. The quantitative estimate of drug-likeness (QED) is 0.667. The summed E-state index contributed by atoms with van der Waals surface area (Å²) in [6, 6.07) is 5.73. The molecule has 0 spiro atoms. The number of nitrogens with two attached hydrogens (primary N) is 1. The highest BCUT2D eigenvalue weighted by atomic mass is 19.4. The molecule has 2 aliphatic rings. The predicted molar refractivity (Wildman–Crippen MR) is 107 cm³/mol. The summed E-state index contributed by atoms with van der Waals surface area (Å²) in [5.41, 5.74) is 4.93. The van der Waals surface area contributed by atoms with Crippen molar-refractivity contribution in [1.29, 1.82) is 0 Å². The molecule has 2 aliphatic heterocycles. The number of hydrogen-bond donors (Lipinski definition) is 2. The van der Waals surface area contributed by atoms with E-state index in [0.717, 1.165) is 42.6 Å². The van der Waals surface area contributed by atoms with E-state index in [1.54, 1.807) is 0 Å². The molecule has 0 aromatic heterocycles. The monoisotopic (exact) mass is 470 g/mol. The Bertz CT molecular complexity index is 1100. The fourth-order valence-corrected chi connectivity index (χ4v) is 4.08. The Hall–Kier alpha value is -3.41. The number of anilines is 2. The molecule has 3 N–H and O–H groups in total. The molecule has 0 saturated carbocycles. The number of hydrazine groups is 1. The minimum atomic E-state index is -5.36. The Morgan fingerprint density at radius 3 is 2.52 bits per heavy atom. The van der Waals surface area contributed by atoms with Crippen molar-refractivity contribution in [2.75, 3.05) is 23.3 Å². The smallest absolute Gasteiger partial charge is 0.366 e. The van der Waals surface area contributed by atoms with Crippen molar-refractivity contribution in [3.8, 4) is 0 Å². The summed E-state index contributed by atoms with van der Waals surface area (Å²) in [5, 5.41) is 4.57. The number of carbonyl (C=O) groups excluding carboxylic acids is 2. The lowest BCUT2D eigenvalue weighted by Gasteiger charge is -2.31. The highest BCUT2D eigenvalue weighted by Crippen LogP contribution is 2.40. The van der Waals surface area contributed by atoms with Crippen molar-refractivity contribution in [1.82, 2.24) is 5.32 Å². The largest absolute Gasteiger partial charge is 0.493 e. The molecule has 33 heavy (non-hydrogen) atoms. The molecule has 2 heterocycles. The number of amides is 1. The summed E-state index contributed by atoms with van der Waals surface area (Å²) in [7, 11) is 0. The lowest BCUT2D eigenvalue weighted by atomic mass is 9.91. The van der Waals surface area contributed by atoms with Crippen LogP contribution in [0, 0.1) is 11.6 Å². The molecule has 0 aliphatic carbocycles. The van der Waals surface area contributed by atoms with Crippen molar-refractivity contribution < 1.29 is 36.4 Å². The highest BCUT2D eigenvalue weighted by Gasteiger charge is 2.46. The zero-order valence-corrected chi connectivity index (χ0v) is 17.1. The maximum Gasteiger partial charge on any atom is 0.493 e. The van der Waals surface area contributed by atoms with Crippen LogP contribution in [-0.4, -0.2) is 31.1 Å². The standard InChI is InChI=1S/C21H19F5N4O3/c22-13-6-12-10-29(14-3-4-15(17(23)8-14)11-2-1-5-28-9-11)30(33-20(32)21(24,25)26)18(12)16(7-13)19(27)31/h3-4,6-8,11,28H,1-2,5,9-10H2,(H2,27,31). The number of nitrogens with zero attached hydrogens (tertiary/aromatic N) is 2. The van der Waals surface area contributed by atoms with Crippen LogP contribution in [-0.2, 0) is 16.2 Å². The van der Waals surface area contributed by atoms with E-state index in [0.29, 0.717) is 17.3 Å². The van der Waals surface area contributed by atoms with Gasteiger partial charge in [-0.15, -0.1) is 5.17 Å². The summed E-state index contributed by atoms with van der Waals surface area (Å²) in [5.74, 6) is -5.26. The van der Waals surface area contributed by atoms with Gasteiger partial charge in [0.25, 0.3) is 5.91 Å². The van der Waals surface area contributed by atoms with Gasteiger partial charge in [0.1, 0.15) is 17.3 Å². The number of fused-ring (bicyclic) bond motifs is 1. The molecule has 2 aromatic carbocycles. The van der Waals surface area contributed by atoms with E-state index in [2.05, 4.69) is 10.2 Å². The normalized spacial score (nSPS) is 18.3. The second-order valence-corrected chi connectivity index (χ2v) is 7.78. The van der Waals surface area contributed by atoms with Gasteiger partial charge in [0.2, 0.25) is 0 Å². The van der Waals surface area contributed by atoms with Gasteiger partial charge in [-0.1, -0.05) is 6.07 Å². The zero-order valence-electron chi connectivity index (χ0n) is 17.1. The first-order valence-electron chi connectivity index (χ1n) is 10.1. The maximum absolute atomic E-state index is 15.0. The van der Waals surface area contributed by atoms with Crippen LogP contribution in [0.15, 0.2) is 30.3 Å². The third-order valence-corrected chi connectivity index (χ3v) is 5.57. The average Bonchev–Trinajstić information content (AvgIpc) is 3.10. The average molecular weight is 470 g/mol. The number of hydrogen-bond acceptors (Lipinski definition) is 6. The molecular formula is C21H19F5N4O3. The van der Waals surface area contributed by atoms with E-state index in [4.69, 9.17) is 5.73 Å². The van der Waals surface area contributed by atoms with Gasteiger partial charge in [-0.05, 0) is 55.1 Å². The number of benzene rings is 2. The van der Waals surface area contributed by atoms with Gasteiger partial charge in [0.15, 0.2) is 0 Å². The molecule has 7 nitrogen and oxygen atoms in total. The Balaban J connectivity index is 1.75. The first kappa shape index (κ1) is 22.8. The fourth-order valence-electron chi connectivity index (χ4n) is 4.08. The molecule has 176 valence electrons. The molecule has 4 rings (SSSR count). The first-order valence-corrected chi connectivity index (χ1v) is 10.1. The van der Waals surface area contributed by atoms with Crippen molar-refractivity contribution in [3.63, 3.8) is 0 Å². The third kappa shape index (κ3) is 4.42. The third-order valence-electron chi connectivity index (χ3n) is 5.57. The van der Waals surface area contributed by atoms with Crippen LogP contribution in [0.4, 0.5) is 33.3 Å². The van der Waals surface area contributed by atoms with E-state index in [-0.39, 0.29) is 29.4 Å². The van der Waals surface area contributed by atoms with Gasteiger partial charge < -0.3 is 15.9 Å². The van der Waals surface area contributed by atoms with E-state index in [1.807, 2.05) is 0 Å². The molecule has 1 amide bonds. The number of primary amides is 1. The Morgan fingerprint density at radius 2 is 1.91 bits per heavy atom. The Kier molecular flexibility index (Phi) is 5.87. The number of nitrogens with one attached hydrogen (secondary N) is 1. The molecule has 1 atom stereocenters. The van der Waals surface area contributed by atoms with Gasteiger partial charge in [-0.3, -0.25) is 4.79 Å². The summed E-state index contributed by atoms with van der Waals surface area (Å²) < 4.78 is 67.7. The number of carbonyl (C=O) groups is 2. The Morgan fingerprint density at radius 1 is 1.15 bits per heavy atom. The Labute approximate surface area is 184 Å². The maximum atomic E-state index is 15.0. The SMILES string of the molecule is NC(=O)c1cc(F)cc2c1N(OC(=O)C(F)(F)F)N(c1ccc(C3CCCNC3)c(F)c1)C2. The number of rotatable bonds is 4. The molecule has 1 fully saturated rings. The van der Waals surface area contributed by atoms with Crippen LogP contribution in [0.1, 0.15) is 40.2 Å². The zero-order chi connectivity index (χ0) is 23.9. The van der Waals surface area contributed by atoms with E-state index < -0.39 is 35.3 Å². The number of piperidine rings is 1. The minimum absolute atomic E-state index is 0.0275. The lowest BCUT2D eigenvalue weighted by Crippen LogP contribution is -2.43. The van der Waals surface area contributed by atoms with Crippen LogP contribution in [0.25, 0.3) is 0 Å². The van der Waals surface area contributed by atoms with E-state index in [9.17, 15) is 31.5 Å². The number of halogens is 5.